The maximum Gasteiger partial charge on any atom is 0.311 e. The molecular formula is C15H17NO5. The first-order chi connectivity index (χ1) is 10.2. The highest BCUT2D eigenvalue weighted by Gasteiger charge is 2.19. The third kappa shape index (κ3) is 2.69. The lowest BCUT2D eigenvalue weighted by molar-refractivity contribution is -0.139. The minimum absolute atomic E-state index is 0.0759. The van der Waals surface area contributed by atoms with Crippen LogP contribution in [0.5, 0.6) is 17.2 Å². The van der Waals surface area contributed by atoms with Crippen molar-refractivity contribution >= 4 is 16.7 Å². The second-order valence-electron chi connectivity index (χ2n) is 4.25. The van der Waals surface area contributed by atoms with Crippen molar-refractivity contribution < 1.29 is 23.7 Å². The summed E-state index contributed by atoms with van der Waals surface area (Å²) in [6, 6.07) is 3.58. The molecule has 0 atom stereocenters. The fourth-order valence-electron chi connectivity index (χ4n) is 2.20. The van der Waals surface area contributed by atoms with E-state index >= 15 is 0 Å². The summed E-state index contributed by atoms with van der Waals surface area (Å²) < 4.78 is 20.8. The van der Waals surface area contributed by atoms with Crippen molar-refractivity contribution in [3.63, 3.8) is 0 Å². The molecule has 6 nitrogen and oxygen atoms in total. The highest BCUT2D eigenvalue weighted by molar-refractivity contribution is 5.95. The van der Waals surface area contributed by atoms with Crippen molar-refractivity contribution in [1.29, 1.82) is 0 Å². The second-order valence-corrected chi connectivity index (χ2v) is 4.25. The van der Waals surface area contributed by atoms with Gasteiger partial charge in [-0.3, -0.25) is 9.78 Å². The normalized spacial score (nSPS) is 10.3. The van der Waals surface area contributed by atoms with E-state index in [0.29, 0.717) is 22.9 Å². The number of hydrogen-bond donors (Lipinski definition) is 0. The summed E-state index contributed by atoms with van der Waals surface area (Å²) in [5.41, 5.74) is 0.596. The molecule has 6 heteroatoms. The Morgan fingerprint density at radius 3 is 2.33 bits per heavy atom. The largest absolute Gasteiger partial charge is 0.493 e. The zero-order valence-corrected chi connectivity index (χ0v) is 12.4. The molecule has 0 bridgehead atoms. The van der Waals surface area contributed by atoms with Crippen LogP contribution in [0, 0.1) is 0 Å². The molecule has 0 spiro atoms. The zero-order valence-electron chi connectivity index (χ0n) is 12.4. The molecule has 0 radical (unpaired) electrons. The maximum absolute atomic E-state index is 11.5. The van der Waals surface area contributed by atoms with E-state index in [9.17, 15) is 4.79 Å². The van der Waals surface area contributed by atoms with Gasteiger partial charge in [-0.05, 0) is 12.1 Å². The molecule has 2 aromatic rings. The molecule has 0 aliphatic heterocycles. The number of rotatable bonds is 5. The van der Waals surface area contributed by atoms with Crippen LogP contribution in [0.15, 0.2) is 18.3 Å². The van der Waals surface area contributed by atoms with Gasteiger partial charge < -0.3 is 18.9 Å². The lowest BCUT2D eigenvalue weighted by Gasteiger charge is -2.15. The van der Waals surface area contributed by atoms with E-state index in [1.807, 2.05) is 0 Å². The molecule has 0 saturated carbocycles. The Bertz CT molecular complexity index is 669. The molecule has 0 N–H and O–H groups in total. The van der Waals surface area contributed by atoms with Crippen LogP contribution in [0.3, 0.4) is 0 Å². The number of aromatic nitrogens is 1. The number of carbonyl (C=O) groups excluding carboxylic acids is 1. The summed E-state index contributed by atoms with van der Waals surface area (Å²) in [5.74, 6) is 1.20. The number of benzene rings is 1. The third-order valence-electron chi connectivity index (χ3n) is 3.19. The Kier molecular flexibility index (Phi) is 4.47. The molecule has 112 valence electrons. The molecule has 0 aliphatic rings. The van der Waals surface area contributed by atoms with Crippen LogP contribution < -0.4 is 14.2 Å². The Morgan fingerprint density at radius 1 is 1.05 bits per heavy atom. The highest BCUT2D eigenvalue weighted by Crippen LogP contribution is 2.43. The monoisotopic (exact) mass is 291 g/mol. The van der Waals surface area contributed by atoms with Gasteiger partial charge in [0.15, 0.2) is 11.5 Å². The fourth-order valence-corrected chi connectivity index (χ4v) is 2.20. The van der Waals surface area contributed by atoms with Crippen molar-refractivity contribution in [2.24, 2.45) is 0 Å². The van der Waals surface area contributed by atoms with E-state index in [-0.39, 0.29) is 12.4 Å². The Balaban J connectivity index is 2.72. The molecule has 1 aromatic heterocycles. The van der Waals surface area contributed by atoms with Gasteiger partial charge in [-0.1, -0.05) is 0 Å². The number of carbonyl (C=O) groups is 1. The second kappa shape index (κ2) is 6.30. The standard InChI is InChI=1S/C15H17NO5/c1-18-12-7-10-9(14(20-3)15(12)21-4)5-6-16-11(10)8-13(17)19-2/h5-7H,8H2,1-4H3. The third-order valence-corrected chi connectivity index (χ3v) is 3.19. The minimum Gasteiger partial charge on any atom is -0.493 e. The number of hydrogen-bond acceptors (Lipinski definition) is 6. The van der Waals surface area contributed by atoms with Gasteiger partial charge in [0.25, 0.3) is 0 Å². The number of methoxy groups -OCH3 is 4. The number of esters is 1. The number of fused-ring (bicyclic) bond motifs is 1. The van der Waals surface area contributed by atoms with Gasteiger partial charge in [-0.25, -0.2) is 0 Å². The van der Waals surface area contributed by atoms with Crippen molar-refractivity contribution in [2.45, 2.75) is 6.42 Å². The quantitative estimate of drug-likeness (QED) is 0.785. The summed E-state index contributed by atoms with van der Waals surface area (Å²) in [6.45, 7) is 0. The van der Waals surface area contributed by atoms with Crippen LogP contribution >= 0.6 is 0 Å². The van der Waals surface area contributed by atoms with Gasteiger partial charge in [-0.15, -0.1) is 0 Å². The number of ether oxygens (including phenoxy) is 4. The zero-order chi connectivity index (χ0) is 15.4. The van der Waals surface area contributed by atoms with Crippen LogP contribution in [0.25, 0.3) is 10.8 Å². The summed E-state index contributed by atoms with van der Waals surface area (Å²) >= 11 is 0. The molecular weight excluding hydrogens is 274 g/mol. The Morgan fingerprint density at radius 2 is 1.76 bits per heavy atom. The highest BCUT2D eigenvalue weighted by atomic mass is 16.5. The maximum atomic E-state index is 11.5. The molecule has 0 amide bonds. The minimum atomic E-state index is -0.358. The van der Waals surface area contributed by atoms with Crippen LogP contribution in [0.4, 0.5) is 0 Å². The van der Waals surface area contributed by atoms with Crippen LogP contribution in [-0.4, -0.2) is 39.4 Å². The smallest absolute Gasteiger partial charge is 0.311 e. The van der Waals surface area contributed by atoms with Gasteiger partial charge in [-0.2, -0.15) is 0 Å². The first-order valence-corrected chi connectivity index (χ1v) is 6.29. The van der Waals surface area contributed by atoms with Crippen molar-refractivity contribution in [3.05, 3.63) is 24.0 Å². The van der Waals surface area contributed by atoms with Crippen LogP contribution in [-0.2, 0) is 16.0 Å². The predicted molar refractivity (Wildman–Crippen MR) is 77.1 cm³/mol. The Labute approximate surface area is 122 Å². The summed E-state index contributed by atoms with van der Waals surface area (Å²) in [7, 11) is 5.98. The first kappa shape index (κ1) is 14.9. The van der Waals surface area contributed by atoms with Crippen molar-refractivity contribution in [2.75, 3.05) is 28.4 Å². The summed E-state index contributed by atoms with van der Waals surface area (Å²) in [5, 5.41) is 1.56. The molecule has 2 rings (SSSR count). The molecule has 0 saturated heterocycles. The SMILES string of the molecule is COC(=O)Cc1nccc2c(OC)c(OC)c(OC)cc12. The van der Waals surface area contributed by atoms with Crippen LogP contribution in [0.2, 0.25) is 0 Å². The molecule has 21 heavy (non-hydrogen) atoms. The van der Waals surface area contributed by atoms with Gasteiger partial charge in [0.1, 0.15) is 0 Å². The molecule has 0 aliphatic carbocycles. The van der Waals surface area contributed by atoms with Crippen molar-refractivity contribution in [1.82, 2.24) is 4.98 Å². The van der Waals surface area contributed by atoms with E-state index in [1.54, 1.807) is 39.7 Å². The van der Waals surface area contributed by atoms with Crippen LogP contribution in [0.1, 0.15) is 5.69 Å². The van der Waals surface area contributed by atoms with E-state index in [1.165, 1.54) is 7.11 Å². The average molecular weight is 291 g/mol. The first-order valence-electron chi connectivity index (χ1n) is 6.29. The lowest BCUT2D eigenvalue weighted by Crippen LogP contribution is -2.07. The van der Waals surface area contributed by atoms with Gasteiger partial charge in [0.2, 0.25) is 5.75 Å². The molecule has 1 heterocycles. The van der Waals surface area contributed by atoms with E-state index in [2.05, 4.69) is 4.98 Å². The van der Waals surface area contributed by atoms with Crippen molar-refractivity contribution in [3.8, 4) is 17.2 Å². The van der Waals surface area contributed by atoms with E-state index in [0.717, 1.165) is 10.8 Å². The fraction of sp³-hybridized carbons (Fsp3) is 0.333. The molecule has 0 fully saturated rings. The number of pyridine rings is 1. The molecule has 1 aromatic carbocycles. The predicted octanol–water partition coefficient (Wildman–Crippen LogP) is 1.98. The molecule has 0 unspecified atom stereocenters. The lowest BCUT2D eigenvalue weighted by atomic mass is 10.1. The topological polar surface area (TPSA) is 66.9 Å². The van der Waals surface area contributed by atoms with E-state index < -0.39 is 0 Å². The summed E-state index contributed by atoms with van der Waals surface area (Å²) in [4.78, 5) is 15.8. The summed E-state index contributed by atoms with van der Waals surface area (Å²) in [6.07, 6.45) is 1.70. The van der Waals surface area contributed by atoms with Gasteiger partial charge >= 0.3 is 5.97 Å². The Hall–Kier alpha value is -2.50. The van der Waals surface area contributed by atoms with Gasteiger partial charge in [0.05, 0.1) is 40.6 Å². The van der Waals surface area contributed by atoms with Gasteiger partial charge in [0, 0.05) is 17.0 Å². The average Bonchev–Trinajstić information content (AvgIpc) is 2.52. The number of nitrogens with zero attached hydrogens (tertiary/aromatic N) is 1. The van der Waals surface area contributed by atoms with E-state index in [4.69, 9.17) is 18.9 Å².